The van der Waals surface area contributed by atoms with E-state index in [4.69, 9.17) is 0 Å². The molecule has 2 rings (SSSR count). The molecule has 0 aromatic heterocycles. The maximum absolute atomic E-state index is 10.5. The van der Waals surface area contributed by atoms with Crippen LogP contribution in [0, 0.1) is 5.92 Å². The van der Waals surface area contributed by atoms with Crippen molar-refractivity contribution in [1.29, 1.82) is 0 Å². The molecule has 0 heterocycles. The van der Waals surface area contributed by atoms with Crippen molar-refractivity contribution in [2.75, 3.05) is 13.1 Å². The zero-order valence-corrected chi connectivity index (χ0v) is 12.2. The van der Waals surface area contributed by atoms with Crippen molar-refractivity contribution < 1.29 is 5.11 Å². The minimum Gasteiger partial charge on any atom is -0.389 e. The summed E-state index contributed by atoms with van der Waals surface area (Å²) in [7, 11) is 0. The molecule has 1 atom stereocenters. The average Bonchev–Trinajstić information content (AvgIpc) is 2.43. The molecule has 1 aliphatic carbocycles. The number of nitrogens with one attached hydrogen (secondary N) is 1. The molecule has 0 spiro atoms. The Morgan fingerprint density at radius 3 is 2.53 bits per heavy atom. The summed E-state index contributed by atoms with van der Waals surface area (Å²) in [4.78, 5) is 0. The minimum atomic E-state index is -0.469. The number of rotatable bonds is 5. The van der Waals surface area contributed by atoms with Crippen molar-refractivity contribution >= 4 is 0 Å². The van der Waals surface area contributed by atoms with Crippen LogP contribution in [0.5, 0.6) is 0 Å². The van der Waals surface area contributed by atoms with Gasteiger partial charge in [0.2, 0.25) is 0 Å². The van der Waals surface area contributed by atoms with Gasteiger partial charge in [-0.25, -0.2) is 0 Å². The Morgan fingerprint density at radius 1 is 1.26 bits per heavy atom. The number of hydrogen-bond donors (Lipinski definition) is 2. The smallest absolute Gasteiger partial charge is 0.0771 e. The molecule has 1 fully saturated rings. The largest absolute Gasteiger partial charge is 0.389 e. The lowest BCUT2D eigenvalue weighted by Gasteiger charge is -2.35. The molecule has 0 saturated heterocycles. The van der Waals surface area contributed by atoms with Crippen LogP contribution in [-0.4, -0.2) is 23.8 Å². The van der Waals surface area contributed by atoms with Gasteiger partial charge in [0, 0.05) is 13.1 Å². The highest BCUT2D eigenvalue weighted by Gasteiger charge is 2.31. The molecule has 106 valence electrons. The SMILES string of the molecule is CC1CCC(O)(CNCC(C)c2ccccc2)CC1. The van der Waals surface area contributed by atoms with Crippen molar-refractivity contribution in [3.8, 4) is 0 Å². The van der Waals surface area contributed by atoms with E-state index in [1.165, 1.54) is 5.56 Å². The third-order valence-corrected chi connectivity index (χ3v) is 4.48. The summed E-state index contributed by atoms with van der Waals surface area (Å²) < 4.78 is 0. The van der Waals surface area contributed by atoms with E-state index in [0.29, 0.717) is 5.92 Å². The van der Waals surface area contributed by atoms with Gasteiger partial charge in [-0.15, -0.1) is 0 Å². The highest BCUT2D eigenvalue weighted by Crippen LogP contribution is 2.31. The summed E-state index contributed by atoms with van der Waals surface area (Å²) in [5, 5.41) is 14.0. The molecular formula is C17H27NO. The van der Waals surface area contributed by atoms with Crippen LogP contribution in [0.15, 0.2) is 30.3 Å². The van der Waals surface area contributed by atoms with Crippen LogP contribution in [0.25, 0.3) is 0 Å². The van der Waals surface area contributed by atoms with E-state index in [0.717, 1.165) is 44.7 Å². The Balaban J connectivity index is 1.74. The van der Waals surface area contributed by atoms with E-state index in [9.17, 15) is 5.11 Å². The highest BCUT2D eigenvalue weighted by molar-refractivity contribution is 5.18. The second-order valence-corrected chi connectivity index (χ2v) is 6.35. The van der Waals surface area contributed by atoms with Gasteiger partial charge in [0.05, 0.1) is 5.60 Å². The van der Waals surface area contributed by atoms with Crippen molar-refractivity contribution in [3.05, 3.63) is 35.9 Å². The second kappa shape index (κ2) is 6.53. The lowest BCUT2D eigenvalue weighted by atomic mass is 9.79. The van der Waals surface area contributed by atoms with Crippen LogP contribution >= 0.6 is 0 Å². The molecule has 0 bridgehead atoms. The third kappa shape index (κ3) is 4.32. The van der Waals surface area contributed by atoms with Crippen molar-refractivity contribution in [1.82, 2.24) is 5.32 Å². The first-order valence-corrected chi connectivity index (χ1v) is 7.57. The monoisotopic (exact) mass is 261 g/mol. The van der Waals surface area contributed by atoms with E-state index < -0.39 is 5.60 Å². The van der Waals surface area contributed by atoms with Crippen molar-refractivity contribution in [3.63, 3.8) is 0 Å². The zero-order chi connectivity index (χ0) is 13.7. The van der Waals surface area contributed by atoms with Gasteiger partial charge in [-0.2, -0.15) is 0 Å². The molecule has 1 aromatic rings. The van der Waals surface area contributed by atoms with Gasteiger partial charge in [-0.1, -0.05) is 44.2 Å². The summed E-state index contributed by atoms with van der Waals surface area (Å²) in [5.74, 6) is 1.27. The molecule has 1 unspecified atom stereocenters. The fourth-order valence-corrected chi connectivity index (χ4v) is 2.90. The molecular weight excluding hydrogens is 234 g/mol. The fraction of sp³-hybridized carbons (Fsp3) is 0.647. The third-order valence-electron chi connectivity index (χ3n) is 4.48. The Kier molecular flexibility index (Phi) is 5.00. The molecule has 1 aliphatic rings. The van der Waals surface area contributed by atoms with Gasteiger partial charge in [0.1, 0.15) is 0 Å². The summed E-state index contributed by atoms with van der Waals surface area (Å²) in [6.07, 6.45) is 4.21. The van der Waals surface area contributed by atoms with Gasteiger partial charge in [0.15, 0.2) is 0 Å². The predicted molar refractivity (Wildman–Crippen MR) is 80.3 cm³/mol. The summed E-state index contributed by atoms with van der Waals surface area (Å²) in [5.41, 5.74) is 0.891. The minimum absolute atomic E-state index is 0.469. The quantitative estimate of drug-likeness (QED) is 0.852. The average molecular weight is 261 g/mol. The standard InChI is InChI=1S/C17H27NO/c1-14-8-10-17(19,11-9-14)13-18-12-15(2)16-6-4-3-5-7-16/h3-7,14-15,18-19H,8-13H2,1-2H3. The van der Waals surface area contributed by atoms with Gasteiger partial charge in [-0.05, 0) is 43.1 Å². The maximum atomic E-state index is 10.5. The Labute approximate surface area is 117 Å². The molecule has 2 N–H and O–H groups in total. The maximum Gasteiger partial charge on any atom is 0.0771 e. The van der Waals surface area contributed by atoms with E-state index >= 15 is 0 Å². The van der Waals surface area contributed by atoms with Crippen LogP contribution < -0.4 is 5.32 Å². The summed E-state index contributed by atoms with van der Waals surface area (Å²) in [6.45, 7) is 6.18. The summed E-state index contributed by atoms with van der Waals surface area (Å²) in [6, 6.07) is 10.6. The first-order valence-electron chi connectivity index (χ1n) is 7.57. The van der Waals surface area contributed by atoms with Crippen LogP contribution in [0.1, 0.15) is 51.0 Å². The zero-order valence-electron chi connectivity index (χ0n) is 12.2. The first kappa shape index (κ1) is 14.5. The van der Waals surface area contributed by atoms with E-state index in [-0.39, 0.29) is 0 Å². The first-order chi connectivity index (χ1) is 9.09. The van der Waals surface area contributed by atoms with Gasteiger partial charge >= 0.3 is 0 Å². The molecule has 2 nitrogen and oxygen atoms in total. The van der Waals surface area contributed by atoms with Crippen LogP contribution in [0.2, 0.25) is 0 Å². The molecule has 1 aromatic carbocycles. The molecule has 0 amide bonds. The molecule has 0 aliphatic heterocycles. The normalized spacial score (nSPS) is 29.1. The molecule has 0 radical (unpaired) electrons. The molecule has 2 heteroatoms. The highest BCUT2D eigenvalue weighted by atomic mass is 16.3. The van der Waals surface area contributed by atoms with E-state index in [1.807, 2.05) is 0 Å². The lowest BCUT2D eigenvalue weighted by Crippen LogP contribution is -2.44. The van der Waals surface area contributed by atoms with Crippen LogP contribution in [-0.2, 0) is 0 Å². The topological polar surface area (TPSA) is 32.3 Å². The van der Waals surface area contributed by atoms with Crippen molar-refractivity contribution in [2.45, 2.75) is 51.0 Å². The van der Waals surface area contributed by atoms with E-state index in [1.54, 1.807) is 0 Å². The van der Waals surface area contributed by atoms with Gasteiger partial charge in [-0.3, -0.25) is 0 Å². The fourth-order valence-electron chi connectivity index (χ4n) is 2.90. The summed E-state index contributed by atoms with van der Waals surface area (Å²) >= 11 is 0. The second-order valence-electron chi connectivity index (χ2n) is 6.35. The number of aliphatic hydroxyl groups is 1. The van der Waals surface area contributed by atoms with Crippen LogP contribution in [0.4, 0.5) is 0 Å². The molecule has 19 heavy (non-hydrogen) atoms. The lowest BCUT2D eigenvalue weighted by molar-refractivity contribution is -0.00609. The number of benzene rings is 1. The Morgan fingerprint density at radius 2 is 1.89 bits per heavy atom. The van der Waals surface area contributed by atoms with Gasteiger partial charge in [0.25, 0.3) is 0 Å². The number of hydrogen-bond acceptors (Lipinski definition) is 2. The van der Waals surface area contributed by atoms with Crippen molar-refractivity contribution in [2.24, 2.45) is 5.92 Å². The Hall–Kier alpha value is -0.860. The van der Waals surface area contributed by atoms with E-state index in [2.05, 4.69) is 49.5 Å². The van der Waals surface area contributed by atoms with Gasteiger partial charge < -0.3 is 10.4 Å². The molecule has 1 saturated carbocycles. The Bertz CT molecular complexity index is 368. The van der Waals surface area contributed by atoms with Crippen LogP contribution in [0.3, 0.4) is 0 Å². The predicted octanol–water partition coefficient (Wildman–Crippen LogP) is 3.32.